The Kier molecular flexibility index (Phi) is 33.4. The normalized spacial score (nSPS) is 14.3. The summed E-state index contributed by atoms with van der Waals surface area (Å²) >= 11 is 0. The molecule has 0 aromatic heterocycles. The predicted octanol–water partition coefficient (Wildman–Crippen LogP) is 15.6. The van der Waals surface area contributed by atoms with Crippen molar-refractivity contribution in [1.29, 1.82) is 0 Å². The molecule has 294 valence electrons. The molecule has 0 bridgehead atoms. The summed E-state index contributed by atoms with van der Waals surface area (Å²) in [7, 11) is -4.44. The third kappa shape index (κ3) is 37.1. The fourth-order valence-corrected chi connectivity index (χ4v) is 5.66. The lowest BCUT2D eigenvalue weighted by atomic mass is 10.0. The van der Waals surface area contributed by atoms with Crippen LogP contribution in [0.5, 0.6) is 0 Å². The van der Waals surface area contributed by atoms with Gasteiger partial charge in [0.2, 0.25) is 0 Å². The van der Waals surface area contributed by atoms with Gasteiger partial charge in [0.25, 0.3) is 0 Å². The highest BCUT2D eigenvalue weighted by Crippen LogP contribution is 2.36. The molecule has 0 spiro atoms. The van der Waals surface area contributed by atoms with Crippen LogP contribution in [0.15, 0.2) is 105 Å². The fraction of sp³-hybridized carbons (Fsp3) is 0.591. The van der Waals surface area contributed by atoms with Crippen LogP contribution in [0.2, 0.25) is 0 Å². The Morgan fingerprint density at radius 3 is 0.784 bits per heavy atom. The largest absolute Gasteiger partial charge is 0.524 e. The molecule has 0 amide bonds. The van der Waals surface area contributed by atoms with E-state index in [0.29, 0.717) is 0 Å². The average Bonchev–Trinajstić information content (AvgIpc) is 2.99. The van der Waals surface area contributed by atoms with E-state index in [2.05, 4.69) is 115 Å². The summed E-state index contributed by atoms with van der Waals surface area (Å²) in [5.74, 6) is 0. The van der Waals surface area contributed by atoms with Crippen LogP contribution >= 0.6 is 7.82 Å². The molecule has 0 radical (unpaired) electrons. The summed E-state index contributed by atoms with van der Waals surface area (Å²) in [4.78, 5) is 17.5. The summed E-state index contributed by atoms with van der Waals surface area (Å²) in [6.07, 6.45) is 37.5. The Morgan fingerprint density at radius 2 is 0.588 bits per heavy atom. The number of allylic oxidation sites excluding steroid dienone is 17. The molecule has 0 atom stereocenters. The van der Waals surface area contributed by atoms with Crippen LogP contribution in [-0.2, 0) is 9.09 Å². The third-order valence-corrected chi connectivity index (χ3v) is 9.08. The minimum atomic E-state index is -4.44. The zero-order valence-corrected chi connectivity index (χ0v) is 36.1. The van der Waals surface area contributed by atoms with Gasteiger partial charge in [0, 0.05) is 0 Å². The summed E-state index contributed by atoms with van der Waals surface area (Å²) in [5, 5.41) is 0. The van der Waals surface area contributed by atoms with Crippen molar-refractivity contribution in [1.82, 2.24) is 12.3 Å². The van der Waals surface area contributed by atoms with E-state index < -0.39 is 7.82 Å². The molecule has 0 saturated heterocycles. The molecule has 0 aliphatic carbocycles. The van der Waals surface area contributed by atoms with E-state index in [1.165, 1.54) is 63.7 Å². The molecule has 0 heterocycles. The topological polar surface area (TPSA) is 140 Å². The molecule has 0 unspecified atom stereocenters. The Balaban J connectivity index is -0.0000115. The highest BCUT2D eigenvalue weighted by Gasteiger charge is 2.11. The molecule has 10 N–H and O–H groups in total. The van der Waals surface area contributed by atoms with E-state index in [4.69, 9.17) is 9.79 Å². The van der Waals surface area contributed by atoms with E-state index in [1.807, 2.05) is 6.92 Å². The van der Waals surface area contributed by atoms with Gasteiger partial charge < -0.3 is 16.8 Å². The Labute approximate surface area is 315 Å². The highest BCUT2D eigenvalue weighted by atomic mass is 31.2. The van der Waals surface area contributed by atoms with Crippen LogP contribution in [-0.4, -0.2) is 9.79 Å². The van der Waals surface area contributed by atoms with Crippen molar-refractivity contribution in [2.75, 3.05) is 0 Å². The lowest BCUT2D eigenvalue weighted by Gasteiger charge is -2.05. The smallest absolute Gasteiger partial charge is 0.412 e. The number of quaternary nitrogens is 2. The molecule has 0 saturated carbocycles. The van der Waals surface area contributed by atoms with E-state index >= 15 is 0 Å². The first-order chi connectivity index (χ1) is 23.1. The van der Waals surface area contributed by atoms with Crippen molar-refractivity contribution in [3.05, 3.63) is 105 Å². The molecule has 6 nitrogen and oxygen atoms in total. The maximum absolute atomic E-state index is 10.8. The number of rotatable bonds is 26. The van der Waals surface area contributed by atoms with E-state index in [-0.39, 0.29) is 12.3 Å². The Hall–Kier alpha value is -2.47. The van der Waals surface area contributed by atoms with E-state index in [1.54, 1.807) is 0 Å². The average molecular weight is 733 g/mol. The van der Waals surface area contributed by atoms with Crippen molar-refractivity contribution in [2.45, 2.75) is 172 Å². The van der Waals surface area contributed by atoms with Gasteiger partial charge in [-0.15, -0.1) is 0 Å². The standard InChI is InChI=1S/C44H73O4P.2H3N/c1-36(2)19-11-20-37(3)21-12-22-38(4)23-13-24-39(5)25-14-26-40(6)27-15-28-41(7)29-16-30-42(8)31-17-32-43(9)33-18-34-44(10)35-48-49(45,46)47;;/h19,21,23,25,27,29,31,33,35H,11-18,20,22,24,26,28,30,32,34H2,1-10H3,(H2,45,46,47);2*1H3/p+2/b37-21+,38-23+,39-25+,40-27+,41-29+,42-31+,43-33+,44-35+;;. The number of hydrogen-bond donors (Lipinski definition) is 4. The van der Waals surface area contributed by atoms with Gasteiger partial charge in [0.05, 0.1) is 6.26 Å². The van der Waals surface area contributed by atoms with Crippen molar-refractivity contribution in [2.24, 2.45) is 0 Å². The van der Waals surface area contributed by atoms with Crippen LogP contribution in [0.4, 0.5) is 0 Å². The second kappa shape index (κ2) is 32.2. The first kappa shape index (κ1) is 52.9. The fourth-order valence-electron chi connectivity index (χ4n) is 5.34. The summed E-state index contributed by atoms with van der Waals surface area (Å²) < 4.78 is 15.2. The second-order valence-electron chi connectivity index (χ2n) is 14.5. The van der Waals surface area contributed by atoms with Gasteiger partial charge in [-0.3, -0.25) is 9.79 Å². The quantitative estimate of drug-likeness (QED) is 0.0399. The zero-order valence-electron chi connectivity index (χ0n) is 35.2. The van der Waals surface area contributed by atoms with Gasteiger partial charge in [0.15, 0.2) is 0 Å². The summed E-state index contributed by atoms with van der Waals surface area (Å²) in [6, 6.07) is 0. The molecule has 0 aromatic rings. The highest BCUT2D eigenvalue weighted by molar-refractivity contribution is 7.46. The first-order valence-corrected chi connectivity index (χ1v) is 20.2. The van der Waals surface area contributed by atoms with Crippen LogP contribution in [0.1, 0.15) is 172 Å². The SMILES string of the molecule is CC(C)=CCC/C(C)=C/CC/C(C)=C/CC/C(C)=C/CC/C(C)=C/CC/C(C)=C/CC/C(C)=C/CC/C(C)=C/CC/C(C)=C/OP(=O)(O)O.[NH4+].[NH4+]. The molecule has 0 fully saturated rings. The van der Waals surface area contributed by atoms with Crippen LogP contribution < -0.4 is 12.3 Å². The van der Waals surface area contributed by atoms with Gasteiger partial charge in [0.1, 0.15) is 0 Å². The van der Waals surface area contributed by atoms with Crippen molar-refractivity contribution < 1.29 is 18.9 Å². The van der Waals surface area contributed by atoms with Gasteiger partial charge in [-0.1, -0.05) is 93.2 Å². The van der Waals surface area contributed by atoms with Gasteiger partial charge in [-0.05, 0) is 178 Å². The monoisotopic (exact) mass is 733 g/mol. The zero-order chi connectivity index (χ0) is 37.1. The predicted molar refractivity (Wildman–Crippen MR) is 228 cm³/mol. The molecule has 0 aromatic carbocycles. The third-order valence-electron chi connectivity index (χ3n) is 8.70. The maximum atomic E-state index is 10.8. The number of hydrogen-bond acceptors (Lipinski definition) is 2. The lowest BCUT2D eigenvalue weighted by molar-refractivity contribution is 0.257. The van der Waals surface area contributed by atoms with Crippen LogP contribution in [0.25, 0.3) is 0 Å². The summed E-state index contributed by atoms with van der Waals surface area (Å²) in [6.45, 7) is 21.9. The van der Waals surface area contributed by atoms with E-state index in [0.717, 1.165) is 95.5 Å². The lowest BCUT2D eigenvalue weighted by Crippen LogP contribution is -1.84. The van der Waals surface area contributed by atoms with Gasteiger partial charge in [-0.25, -0.2) is 4.57 Å². The number of phosphoric acid groups is 1. The molecule has 51 heavy (non-hydrogen) atoms. The minimum Gasteiger partial charge on any atom is -0.412 e. The molecule has 0 aliphatic heterocycles. The second-order valence-corrected chi connectivity index (χ2v) is 15.7. The first-order valence-electron chi connectivity index (χ1n) is 18.7. The molecule has 0 aliphatic rings. The molecule has 7 heteroatoms. The van der Waals surface area contributed by atoms with Crippen molar-refractivity contribution in [3.8, 4) is 0 Å². The Bertz CT molecular complexity index is 1280. The van der Waals surface area contributed by atoms with Gasteiger partial charge >= 0.3 is 7.82 Å². The molecule has 0 rings (SSSR count). The molecular formula is C44H81N2O4P+2. The molecular weight excluding hydrogens is 651 g/mol. The maximum Gasteiger partial charge on any atom is 0.524 e. The number of phosphoric ester groups is 1. The summed E-state index contributed by atoms with van der Waals surface area (Å²) in [5.41, 5.74) is 12.5. The minimum absolute atomic E-state index is 0. The van der Waals surface area contributed by atoms with Crippen molar-refractivity contribution >= 4 is 7.82 Å². The Morgan fingerprint density at radius 1 is 0.392 bits per heavy atom. The van der Waals surface area contributed by atoms with Crippen LogP contribution in [0.3, 0.4) is 0 Å². The van der Waals surface area contributed by atoms with Crippen LogP contribution in [0, 0.1) is 0 Å². The van der Waals surface area contributed by atoms with E-state index in [9.17, 15) is 4.57 Å². The van der Waals surface area contributed by atoms with Gasteiger partial charge in [-0.2, -0.15) is 0 Å². The van der Waals surface area contributed by atoms with Crippen molar-refractivity contribution in [3.63, 3.8) is 0 Å².